The first-order chi connectivity index (χ1) is 7.02. The number of nitrogens with zero attached hydrogens (tertiary/aromatic N) is 1. The van der Waals surface area contributed by atoms with Crippen molar-refractivity contribution >= 4 is 5.97 Å². The van der Waals surface area contributed by atoms with Crippen LogP contribution in [0, 0.1) is 18.3 Å². The van der Waals surface area contributed by atoms with E-state index < -0.39 is 11.6 Å². The van der Waals surface area contributed by atoms with E-state index >= 15 is 0 Å². The molecule has 4 nitrogen and oxygen atoms in total. The summed E-state index contributed by atoms with van der Waals surface area (Å²) in [6.45, 7) is 5.10. The number of aryl methyl sites for hydroxylation is 1. The van der Waals surface area contributed by atoms with E-state index in [0.29, 0.717) is 12.0 Å². The largest absolute Gasteiger partial charge is 0.457 e. The average Bonchev–Trinajstić information content (AvgIpc) is 2.64. The Labute approximate surface area is 88.4 Å². The molecule has 0 N–H and O–H groups in total. The van der Waals surface area contributed by atoms with Crippen molar-refractivity contribution in [1.29, 1.82) is 5.26 Å². The van der Waals surface area contributed by atoms with E-state index in [1.54, 1.807) is 26.8 Å². The Morgan fingerprint density at radius 2 is 2.40 bits per heavy atom. The summed E-state index contributed by atoms with van der Waals surface area (Å²) in [7, 11) is 0. The smallest absolute Gasteiger partial charge is 0.376 e. The highest BCUT2D eigenvalue weighted by Crippen LogP contribution is 2.18. The first-order valence-electron chi connectivity index (χ1n) is 4.71. The monoisotopic (exact) mass is 207 g/mol. The maximum Gasteiger partial charge on any atom is 0.376 e. The summed E-state index contributed by atoms with van der Waals surface area (Å²) >= 11 is 0. The zero-order chi connectivity index (χ0) is 11.5. The van der Waals surface area contributed by atoms with Gasteiger partial charge in [-0.05, 0) is 26.3 Å². The van der Waals surface area contributed by atoms with Crippen molar-refractivity contribution in [2.24, 2.45) is 0 Å². The Bertz CT molecular complexity index is 402. The van der Waals surface area contributed by atoms with E-state index in [4.69, 9.17) is 14.4 Å². The van der Waals surface area contributed by atoms with Crippen LogP contribution in [0.4, 0.5) is 0 Å². The maximum atomic E-state index is 11.6. The lowest BCUT2D eigenvalue weighted by molar-refractivity contribution is 0.00889. The van der Waals surface area contributed by atoms with Crippen molar-refractivity contribution in [3.63, 3.8) is 0 Å². The van der Waals surface area contributed by atoms with Crippen molar-refractivity contribution in [2.45, 2.75) is 32.8 Å². The molecule has 0 aromatic carbocycles. The molecule has 0 saturated carbocycles. The molecule has 0 spiro atoms. The standard InChI is InChI=1S/C11H13NO3/c1-4-11(3,7-12)15-10(13)9-8(2)5-6-14-9/h5-6H,4H2,1-3H3/t11-/m1/s1. The Hall–Kier alpha value is -1.76. The van der Waals surface area contributed by atoms with Crippen LogP contribution in [0.25, 0.3) is 0 Å². The fraction of sp³-hybridized carbons (Fsp3) is 0.455. The topological polar surface area (TPSA) is 63.2 Å². The van der Waals surface area contributed by atoms with Crippen LogP contribution >= 0.6 is 0 Å². The van der Waals surface area contributed by atoms with Crippen LogP contribution in [-0.4, -0.2) is 11.6 Å². The molecule has 1 rings (SSSR count). The van der Waals surface area contributed by atoms with Gasteiger partial charge in [0.15, 0.2) is 5.60 Å². The molecule has 0 bridgehead atoms. The lowest BCUT2D eigenvalue weighted by Crippen LogP contribution is -2.29. The number of esters is 1. The van der Waals surface area contributed by atoms with Crippen molar-refractivity contribution < 1.29 is 13.9 Å². The fourth-order valence-corrected chi connectivity index (χ4v) is 1.01. The van der Waals surface area contributed by atoms with Crippen LogP contribution in [0.5, 0.6) is 0 Å². The minimum atomic E-state index is -1.09. The van der Waals surface area contributed by atoms with Crippen LogP contribution in [0.15, 0.2) is 16.7 Å². The van der Waals surface area contributed by atoms with Crippen molar-refractivity contribution in [2.75, 3.05) is 0 Å². The van der Waals surface area contributed by atoms with Crippen LogP contribution in [0.2, 0.25) is 0 Å². The Morgan fingerprint density at radius 3 is 2.80 bits per heavy atom. The lowest BCUT2D eigenvalue weighted by Gasteiger charge is -2.19. The van der Waals surface area contributed by atoms with Crippen LogP contribution in [-0.2, 0) is 4.74 Å². The molecular formula is C11H13NO3. The highest BCUT2D eigenvalue weighted by molar-refractivity contribution is 5.88. The van der Waals surface area contributed by atoms with Gasteiger partial charge in [0.2, 0.25) is 5.76 Å². The first kappa shape index (κ1) is 11.3. The van der Waals surface area contributed by atoms with E-state index in [2.05, 4.69) is 0 Å². The van der Waals surface area contributed by atoms with E-state index in [1.165, 1.54) is 6.26 Å². The molecule has 0 fully saturated rings. The first-order valence-corrected chi connectivity index (χ1v) is 4.71. The third kappa shape index (κ3) is 2.38. The van der Waals surface area contributed by atoms with Crippen molar-refractivity contribution in [3.05, 3.63) is 23.7 Å². The van der Waals surface area contributed by atoms with Crippen LogP contribution in [0.3, 0.4) is 0 Å². The van der Waals surface area contributed by atoms with E-state index in [-0.39, 0.29) is 5.76 Å². The van der Waals surface area contributed by atoms with Crippen LogP contribution in [0.1, 0.15) is 36.4 Å². The van der Waals surface area contributed by atoms with Gasteiger partial charge in [-0.15, -0.1) is 0 Å². The molecule has 0 aliphatic carbocycles. The number of carbonyl (C=O) groups excluding carboxylic acids is 1. The molecule has 80 valence electrons. The normalized spacial score (nSPS) is 14.0. The molecule has 0 aliphatic rings. The summed E-state index contributed by atoms with van der Waals surface area (Å²) in [5.74, 6) is -0.437. The maximum absolute atomic E-state index is 11.6. The van der Waals surface area contributed by atoms with E-state index in [0.717, 1.165) is 0 Å². The second-order valence-electron chi connectivity index (χ2n) is 3.52. The predicted molar refractivity (Wildman–Crippen MR) is 53.2 cm³/mol. The Balaban J connectivity index is 2.82. The molecule has 1 aromatic heterocycles. The fourth-order valence-electron chi connectivity index (χ4n) is 1.01. The zero-order valence-corrected chi connectivity index (χ0v) is 9.03. The SMILES string of the molecule is CC[C@](C)(C#N)OC(=O)c1occc1C. The number of carbonyl (C=O) groups is 1. The average molecular weight is 207 g/mol. The molecule has 4 heteroatoms. The minimum Gasteiger partial charge on any atom is -0.457 e. The molecule has 0 saturated heterocycles. The number of furan rings is 1. The number of hydrogen-bond acceptors (Lipinski definition) is 4. The number of hydrogen-bond donors (Lipinski definition) is 0. The summed E-state index contributed by atoms with van der Waals surface area (Å²) in [4.78, 5) is 11.6. The van der Waals surface area contributed by atoms with Gasteiger partial charge in [0, 0.05) is 5.56 Å². The number of nitriles is 1. The molecule has 1 heterocycles. The van der Waals surface area contributed by atoms with Gasteiger partial charge in [-0.2, -0.15) is 5.26 Å². The molecule has 1 aromatic rings. The summed E-state index contributed by atoms with van der Waals surface area (Å²) in [6, 6.07) is 3.63. The Kier molecular flexibility index (Phi) is 3.15. The van der Waals surface area contributed by atoms with Gasteiger partial charge >= 0.3 is 5.97 Å². The van der Waals surface area contributed by atoms with Crippen molar-refractivity contribution in [1.82, 2.24) is 0 Å². The minimum absolute atomic E-state index is 0.157. The van der Waals surface area contributed by atoms with Gasteiger partial charge in [-0.1, -0.05) is 6.92 Å². The quantitative estimate of drug-likeness (QED) is 0.714. The van der Waals surface area contributed by atoms with Gasteiger partial charge in [-0.3, -0.25) is 0 Å². The molecule has 0 radical (unpaired) electrons. The highest BCUT2D eigenvalue weighted by Gasteiger charge is 2.28. The lowest BCUT2D eigenvalue weighted by atomic mass is 10.1. The second kappa shape index (κ2) is 4.18. The third-order valence-corrected chi connectivity index (χ3v) is 2.28. The van der Waals surface area contributed by atoms with Crippen molar-refractivity contribution in [3.8, 4) is 6.07 Å². The molecule has 0 amide bonds. The number of ether oxygens (including phenoxy) is 1. The second-order valence-corrected chi connectivity index (χ2v) is 3.52. The molecule has 1 atom stereocenters. The van der Waals surface area contributed by atoms with Gasteiger partial charge < -0.3 is 9.15 Å². The van der Waals surface area contributed by atoms with Gasteiger partial charge in [0.05, 0.1) is 6.26 Å². The summed E-state index contributed by atoms with van der Waals surface area (Å²) in [5, 5.41) is 8.84. The number of rotatable bonds is 3. The summed E-state index contributed by atoms with van der Waals surface area (Å²) < 4.78 is 10.0. The van der Waals surface area contributed by atoms with Crippen LogP contribution < -0.4 is 0 Å². The Morgan fingerprint density at radius 1 is 1.73 bits per heavy atom. The third-order valence-electron chi connectivity index (χ3n) is 2.28. The zero-order valence-electron chi connectivity index (χ0n) is 9.03. The molecular weight excluding hydrogens is 194 g/mol. The van der Waals surface area contributed by atoms with Gasteiger partial charge in [0.1, 0.15) is 6.07 Å². The molecule has 15 heavy (non-hydrogen) atoms. The van der Waals surface area contributed by atoms with Gasteiger partial charge in [-0.25, -0.2) is 4.79 Å². The predicted octanol–water partition coefficient (Wildman–Crippen LogP) is 2.44. The van der Waals surface area contributed by atoms with Gasteiger partial charge in [0.25, 0.3) is 0 Å². The molecule has 0 unspecified atom stereocenters. The summed E-state index contributed by atoms with van der Waals surface area (Å²) in [5.41, 5.74) is -0.382. The highest BCUT2D eigenvalue weighted by atomic mass is 16.6. The molecule has 0 aliphatic heterocycles. The summed E-state index contributed by atoms with van der Waals surface area (Å²) in [6.07, 6.45) is 1.86. The van der Waals surface area contributed by atoms with E-state index in [1.807, 2.05) is 6.07 Å². The van der Waals surface area contributed by atoms with E-state index in [9.17, 15) is 4.79 Å².